The molecule has 1 heterocycles. The monoisotopic (exact) mass is 225 g/mol. The van der Waals surface area contributed by atoms with Crippen LogP contribution in [0.2, 0.25) is 0 Å². The van der Waals surface area contributed by atoms with Crippen molar-refractivity contribution >= 4 is 17.2 Å². The van der Waals surface area contributed by atoms with Crippen LogP contribution >= 0.6 is 11.3 Å². The van der Waals surface area contributed by atoms with E-state index in [0.29, 0.717) is 24.4 Å². The van der Waals surface area contributed by atoms with E-state index in [2.05, 4.69) is 5.32 Å². The number of carbonyl (C=O) groups is 1. The summed E-state index contributed by atoms with van der Waals surface area (Å²) in [6, 6.07) is 1.80. The Morgan fingerprint density at radius 2 is 2.47 bits per heavy atom. The van der Waals surface area contributed by atoms with Gasteiger partial charge in [-0.2, -0.15) is 11.3 Å². The van der Waals surface area contributed by atoms with E-state index in [-0.39, 0.29) is 12.0 Å². The fraction of sp³-hybridized carbons (Fsp3) is 0.545. The number of hydrogen-bond acceptors (Lipinski definition) is 3. The van der Waals surface area contributed by atoms with Crippen molar-refractivity contribution in [2.24, 2.45) is 5.92 Å². The maximum absolute atomic E-state index is 11.5. The van der Waals surface area contributed by atoms with E-state index >= 15 is 0 Å². The molecule has 1 amide bonds. The molecular weight excluding hydrogens is 210 g/mol. The third kappa shape index (κ3) is 3.04. The molecule has 1 aromatic heterocycles. The first-order valence-corrected chi connectivity index (χ1v) is 6.20. The third-order valence-electron chi connectivity index (χ3n) is 2.68. The summed E-state index contributed by atoms with van der Waals surface area (Å²) in [7, 11) is 0. The molecule has 0 aliphatic heterocycles. The summed E-state index contributed by atoms with van der Waals surface area (Å²) in [5.41, 5.74) is 0.709. The molecule has 1 aromatic rings. The summed E-state index contributed by atoms with van der Waals surface area (Å²) < 4.78 is 0. The zero-order chi connectivity index (χ0) is 10.7. The highest BCUT2D eigenvalue weighted by Gasteiger charge is 2.29. The van der Waals surface area contributed by atoms with Gasteiger partial charge in [0.15, 0.2) is 0 Å². The fourth-order valence-electron chi connectivity index (χ4n) is 1.55. The Morgan fingerprint density at radius 1 is 1.67 bits per heavy atom. The molecule has 2 N–H and O–H groups in total. The molecule has 1 aliphatic rings. The van der Waals surface area contributed by atoms with Crippen LogP contribution in [0.25, 0.3) is 0 Å². The van der Waals surface area contributed by atoms with Crippen molar-refractivity contribution in [3.8, 4) is 0 Å². The number of thiophene rings is 1. The molecular formula is C11H15NO2S. The first kappa shape index (κ1) is 10.6. The number of aliphatic hydroxyl groups excluding tert-OH is 1. The molecule has 1 aliphatic carbocycles. The maximum Gasteiger partial charge on any atom is 0.252 e. The zero-order valence-corrected chi connectivity index (χ0v) is 9.30. The first-order chi connectivity index (χ1) is 7.27. The number of carbonyl (C=O) groups excluding carboxylic acids is 1. The molecule has 0 saturated heterocycles. The van der Waals surface area contributed by atoms with Gasteiger partial charge in [0.25, 0.3) is 5.91 Å². The van der Waals surface area contributed by atoms with Crippen LogP contribution in [-0.4, -0.2) is 23.7 Å². The van der Waals surface area contributed by atoms with Gasteiger partial charge in [0.2, 0.25) is 0 Å². The van der Waals surface area contributed by atoms with Gasteiger partial charge in [-0.3, -0.25) is 4.79 Å². The van der Waals surface area contributed by atoms with Gasteiger partial charge in [-0.15, -0.1) is 0 Å². The van der Waals surface area contributed by atoms with Crippen LogP contribution in [0.15, 0.2) is 16.8 Å². The highest BCUT2D eigenvalue weighted by molar-refractivity contribution is 7.08. The van der Waals surface area contributed by atoms with Crippen LogP contribution in [0.3, 0.4) is 0 Å². The van der Waals surface area contributed by atoms with Gasteiger partial charge < -0.3 is 10.4 Å². The average molecular weight is 225 g/mol. The quantitative estimate of drug-likeness (QED) is 0.800. The molecule has 0 spiro atoms. The molecule has 0 bridgehead atoms. The van der Waals surface area contributed by atoms with Crippen molar-refractivity contribution in [3.63, 3.8) is 0 Å². The van der Waals surface area contributed by atoms with Crippen LogP contribution in [0.1, 0.15) is 29.6 Å². The molecule has 82 valence electrons. The second-order valence-electron chi connectivity index (χ2n) is 3.96. The minimum Gasteiger partial charge on any atom is -0.393 e. The van der Waals surface area contributed by atoms with E-state index in [1.165, 1.54) is 11.3 Å². The topological polar surface area (TPSA) is 49.3 Å². The van der Waals surface area contributed by atoms with E-state index in [1.807, 2.05) is 10.8 Å². The van der Waals surface area contributed by atoms with Gasteiger partial charge in [0, 0.05) is 17.5 Å². The summed E-state index contributed by atoms with van der Waals surface area (Å²) in [6.07, 6.45) is 2.72. The van der Waals surface area contributed by atoms with Crippen LogP contribution in [-0.2, 0) is 0 Å². The maximum atomic E-state index is 11.5. The normalized spacial score (nSPS) is 17.4. The van der Waals surface area contributed by atoms with E-state index in [0.717, 1.165) is 12.8 Å². The largest absolute Gasteiger partial charge is 0.393 e. The van der Waals surface area contributed by atoms with Crippen molar-refractivity contribution in [1.82, 2.24) is 5.32 Å². The number of amides is 1. The molecule has 0 unspecified atom stereocenters. The molecule has 1 saturated carbocycles. The Bertz CT molecular complexity index is 319. The standard InChI is InChI=1S/C11H15NO2S/c13-10(8-1-2-8)3-5-12-11(14)9-4-6-15-7-9/h4,6-8,10,13H,1-3,5H2,(H,12,14)/t10-/m1/s1. The number of nitrogens with one attached hydrogen (secondary N) is 1. The minimum absolute atomic E-state index is 0.0424. The molecule has 3 nitrogen and oxygen atoms in total. The molecule has 0 radical (unpaired) electrons. The predicted octanol–water partition coefficient (Wildman–Crippen LogP) is 1.64. The van der Waals surface area contributed by atoms with E-state index in [1.54, 1.807) is 6.07 Å². The lowest BCUT2D eigenvalue weighted by Gasteiger charge is -2.09. The zero-order valence-electron chi connectivity index (χ0n) is 8.48. The molecule has 1 fully saturated rings. The van der Waals surface area contributed by atoms with Gasteiger partial charge in [0.05, 0.1) is 6.10 Å². The smallest absolute Gasteiger partial charge is 0.252 e. The molecule has 1 atom stereocenters. The van der Waals surface area contributed by atoms with Gasteiger partial charge in [-0.05, 0) is 36.6 Å². The van der Waals surface area contributed by atoms with Crippen LogP contribution in [0, 0.1) is 5.92 Å². The van der Waals surface area contributed by atoms with Gasteiger partial charge in [-0.25, -0.2) is 0 Å². The van der Waals surface area contributed by atoms with Crippen molar-refractivity contribution in [3.05, 3.63) is 22.4 Å². The lowest BCUT2D eigenvalue weighted by Crippen LogP contribution is -2.27. The SMILES string of the molecule is O=C(NCC[C@@H](O)C1CC1)c1ccsc1. The summed E-state index contributed by atoms with van der Waals surface area (Å²) in [6.45, 7) is 0.562. The Kier molecular flexibility index (Phi) is 3.38. The second kappa shape index (κ2) is 4.77. The highest BCUT2D eigenvalue weighted by atomic mass is 32.1. The Balaban J connectivity index is 1.67. The van der Waals surface area contributed by atoms with Crippen molar-refractivity contribution < 1.29 is 9.90 Å². The fourth-order valence-corrected chi connectivity index (χ4v) is 2.18. The van der Waals surface area contributed by atoms with Gasteiger partial charge >= 0.3 is 0 Å². The molecule has 2 rings (SSSR count). The third-order valence-corrected chi connectivity index (χ3v) is 3.36. The number of rotatable bonds is 5. The lowest BCUT2D eigenvalue weighted by molar-refractivity contribution is 0.0937. The summed E-state index contributed by atoms with van der Waals surface area (Å²) >= 11 is 1.51. The van der Waals surface area contributed by atoms with Crippen molar-refractivity contribution in [2.75, 3.05) is 6.54 Å². The number of aliphatic hydroxyl groups is 1. The Hall–Kier alpha value is -0.870. The Morgan fingerprint density at radius 3 is 3.07 bits per heavy atom. The average Bonchev–Trinajstić information content (AvgIpc) is 2.93. The molecule has 15 heavy (non-hydrogen) atoms. The lowest BCUT2D eigenvalue weighted by atomic mass is 10.1. The van der Waals surface area contributed by atoms with Gasteiger partial charge in [-0.1, -0.05) is 0 Å². The van der Waals surface area contributed by atoms with E-state index in [4.69, 9.17) is 0 Å². The molecule has 4 heteroatoms. The molecule has 0 aromatic carbocycles. The number of hydrogen-bond donors (Lipinski definition) is 2. The van der Waals surface area contributed by atoms with E-state index in [9.17, 15) is 9.90 Å². The van der Waals surface area contributed by atoms with Crippen LogP contribution in [0.4, 0.5) is 0 Å². The van der Waals surface area contributed by atoms with Crippen LogP contribution in [0.5, 0.6) is 0 Å². The summed E-state index contributed by atoms with van der Waals surface area (Å²) in [5, 5.41) is 16.1. The van der Waals surface area contributed by atoms with Gasteiger partial charge in [0.1, 0.15) is 0 Å². The van der Waals surface area contributed by atoms with Crippen molar-refractivity contribution in [2.45, 2.75) is 25.4 Å². The minimum atomic E-state index is -0.229. The predicted molar refractivity (Wildman–Crippen MR) is 60.0 cm³/mol. The van der Waals surface area contributed by atoms with Crippen molar-refractivity contribution in [1.29, 1.82) is 0 Å². The summed E-state index contributed by atoms with van der Waals surface area (Å²) in [5.74, 6) is 0.447. The van der Waals surface area contributed by atoms with Crippen LogP contribution < -0.4 is 5.32 Å². The highest BCUT2D eigenvalue weighted by Crippen LogP contribution is 2.33. The second-order valence-corrected chi connectivity index (χ2v) is 4.74. The first-order valence-electron chi connectivity index (χ1n) is 5.26. The van der Waals surface area contributed by atoms with E-state index < -0.39 is 0 Å². The summed E-state index contributed by atoms with van der Waals surface area (Å²) in [4.78, 5) is 11.5. The Labute approximate surface area is 93.1 Å².